The maximum Gasteiger partial charge on any atom is 0.180 e. The average molecular weight is 350 g/mol. The van der Waals surface area contributed by atoms with Gasteiger partial charge in [-0.05, 0) is 35.4 Å². The fraction of sp³-hybridized carbons (Fsp3) is 0.200. The molecule has 0 N–H and O–H groups in total. The van der Waals surface area contributed by atoms with Crippen LogP contribution in [0.2, 0.25) is 10.0 Å². The Bertz CT molecular complexity index is 647. The van der Waals surface area contributed by atoms with Crippen LogP contribution in [0.5, 0.6) is 11.5 Å². The molecule has 2 rings (SSSR count). The zero-order chi connectivity index (χ0) is 15.4. The van der Waals surface area contributed by atoms with Crippen molar-refractivity contribution in [1.82, 2.24) is 0 Å². The van der Waals surface area contributed by atoms with Gasteiger partial charge in [0.25, 0.3) is 0 Å². The largest absolute Gasteiger partial charge is 0.493 e. The van der Waals surface area contributed by atoms with Crippen molar-refractivity contribution in [2.24, 2.45) is 0 Å². The van der Waals surface area contributed by atoms with Gasteiger partial charge in [0.1, 0.15) is 12.4 Å². The molecule has 0 aliphatic heterocycles. The third-order valence-electron chi connectivity index (χ3n) is 2.81. The molecule has 0 unspecified atom stereocenters. The first-order valence-electron chi connectivity index (χ1n) is 6.04. The first-order valence-corrected chi connectivity index (χ1v) is 7.33. The van der Waals surface area contributed by atoms with Crippen LogP contribution < -0.4 is 9.47 Å². The van der Waals surface area contributed by atoms with E-state index < -0.39 is 5.82 Å². The highest BCUT2D eigenvalue weighted by molar-refractivity contribution is 6.32. The van der Waals surface area contributed by atoms with Gasteiger partial charge in [-0.2, -0.15) is 0 Å². The van der Waals surface area contributed by atoms with E-state index in [0.717, 1.165) is 11.1 Å². The standard InChI is InChI=1S/C15H12Cl3FO2/c1-20-14-6-10(7-16)5-12(18)15(14)21-8-9-2-3-13(19)11(17)4-9/h2-6H,7-8H2,1H3. The molecule has 21 heavy (non-hydrogen) atoms. The van der Waals surface area contributed by atoms with E-state index >= 15 is 0 Å². The van der Waals surface area contributed by atoms with Crippen molar-refractivity contribution >= 4 is 34.8 Å². The summed E-state index contributed by atoms with van der Waals surface area (Å²) in [6.07, 6.45) is 0. The SMILES string of the molecule is COc1cc(CCl)cc(Cl)c1OCc1ccc(F)c(Cl)c1. The Kier molecular flexibility index (Phi) is 5.57. The molecule has 0 bridgehead atoms. The van der Waals surface area contributed by atoms with Crippen molar-refractivity contribution in [3.05, 3.63) is 57.3 Å². The van der Waals surface area contributed by atoms with E-state index in [9.17, 15) is 4.39 Å². The van der Waals surface area contributed by atoms with Gasteiger partial charge in [-0.1, -0.05) is 29.3 Å². The second-order valence-corrected chi connectivity index (χ2v) is 5.36. The van der Waals surface area contributed by atoms with E-state index in [-0.39, 0.29) is 11.6 Å². The number of ether oxygens (including phenoxy) is 2. The molecular weight excluding hydrogens is 338 g/mol. The van der Waals surface area contributed by atoms with Crippen LogP contribution in [0.4, 0.5) is 4.39 Å². The van der Waals surface area contributed by atoms with Gasteiger partial charge in [-0.3, -0.25) is 0 Å². The monoisotopic (exact) mass is 348 g/mol. The molecule has 0 aliphatic rings. The van der Waals surface area contributed by atoms with Gasteiger partial charge in [0.15, 0.2) is 11.5 Å². The van der Waals surface area contributed by atoms with Gasteiger partial charge >= 0.3 is 0 Å². The van der Waals surface area contributed by atoms with Crippen LogP contribution in [-0.2, 0) is 12.5 Å². The van der Waals surface area contributed by atoms with E-state index in [2.05, 4.69) is 0 Å². The lowest BCUT2D eigenvalue weighted by atomic mass is 10.2. The van der Waals surface area contributed by atoms with Crippen molar-refractivity contribution in [2.45, 2.75) is 12.5 Å². The summed E-state index contributed by atoms with van der Waals surface area (Å²) in [7, 11) is 1.52. The van der Waals surface area contributed by atoms with E-state index in [1.165, 1.54) is 19.2 Å². The molecule has 0 aliphatic carbocycles. The Hall–Kier alpha value is -1.16. The Morgan fingerprint density at radius 3 is 2.38 bits per heavy atom. The molecule has 0 atom stereocenters. The molecule has 2 aromatic carbocycles. The molecule has 0 saturated carbocycles. The van der Waals surface area contributed by atoms with E-state index in [1.54, 1.807) is 18.2 Å². The summed E-state index contributed by atoms with van der Waals surface area (Å²) in [5.41, 5.74) is 1.55. The van der Waals surface area contributed by atoms with Crippen LogP contribution >= 0.6 is 34.8 Å². The summed E-state index contributed by atoms with van der Waals surface area (Å²) in [5.74, 6) is 0.756. The fourth-order valence-electron chi connectivity index (χ4n) is 1.78. The van der Waals surface area contributed by atoms with Crippen molar-refractivity contribution in [2.75, 3.05) is 7.11 Å². The minimum atomic E-state index is -0.470. The number of halogens is 4. The molecule has 6 heteroatoms. The van der Waals surface area contributed by atoms with Gasteiger partial charge in [-0.15, -0.1) is 11.6 Å². The summed E-state index contributed by atoms with van der Waals surface area (Å²) in [4.78, 5) is 0. The smallest absolute Gasteiger partial charge is 0.180 e. The summed E-state index contributed by atoms with van der Waals surface area (Å²) in [6, 6.07) is 7.85. The van der Waals surface area contributed by atoms with Crippen molar-refractivity contribution in [3.8, 4) is 11.5 Å². The highest BCUT2D eigenvalue weighted by Crippen LogP contribution is 2.37. The minimum Gasteiger partial charge on any atom is -0.493 e. The van der Waals surface area contributed by atoms with Crippen LogP contribution in [0.1, 0.15) is 11.1 Å². The van der Waals surface area contributed by atoms with Crippen LogP contribution in [0.3, 0.4) is 0 Å². The number of rotatable bonds is 5. The molecule has 0 heterocycles. The molecule has 2 nitrogen and oxygen atoms in total. The van der Waals surface area contributed by atoms with Gasteiger partial charge in [0, 0.05) is 5.88 Å². The van der Waals surface area contributed by atoms with Gasteiger partial charge in [0.2, 0.25) is 0 Å². The van der Waals surface area contributed by atoms with Gasteiger partial charge in [-0.25, -0.2) is 4.39 Å². The number of alkyl halides is 1. The van der Waals surface area contributed by atoms with E-state index in [1.807, 2.05) is 0 Å². The molecular formula is C15H12Cl3FO2. The topological polar surface area (TPSA) is 18.5 Å². The van der Waals surface area contributed by atoms with Gasteiger partial charge < -0.3 is 9.47 Å². The summed E-state index contributed by atoms with van der Waals surface area (Å²) in [6.45, 7) is 0.191. The Morgan fingerprint density at radius 2 is 1.76 bits per heavy atom. The van der Waals surface area contributed by atoms with Gasteiger partial charge in [0.05, 0.1) is 17.2 Å². The predicted octanol–water partition coefficient (Wildman–Crippen LogP) is 5.46. The van der Waals surface area contributed by atoms with Crippen LogP contribution in [0.25, 0.3) is 0 Å². The summed E-state index contributed by atoms with van der Waals surface area (Å²) < 4.78 is 24.0. The molecule has 0 amide bonds. The van der Waals surface area contributed by atoms with E-state index in [4.69, 9.17) is 44.3 Å². The van der Waals surface area contributed by atoms with Crippen molar-refractivity contribution < 1.29 is 13.9 Å². The first-order chi connectivity index (χ1) is 10.0. The van der Waals surface area contributed by atoms with Crippen molar-refractivity contribution in [3.63, 3.8) is 0 Å². The third kappa shape index (κ3) is 3.94. The van der Waals surface area contributed by atoms with E-state index in [0.29, 0.717) is 22.4 Å². The molecule has 0 fully saturated rings. The molecule has 112 valence electrons. The fourth-order valence-corrected chi connectivity index (χ4v) is 2.42. The first kappa shape index (κ1) is 16.2. The summed E-state index contributed by atoms with van der Waals surface area (Å²) in [5, 5.41) is 0.449. The third-order valence-corrected chi connectivity index (χ3v) is 3.69. The Morgan fingerprint density at radius 1 is 1.05 bits per heavy atom. The molecule has 0 spiro atoms. The molecule has 0 aromatic heterocycles. The van der Waals surface area contributed by atoms with Crippen LogP contribution in [0, 0.1) is 5.82 Å². The number of benzene rings is 2. The second kappa shape index (κ2) is 7.21. The summed E-state index contributed by atoms with van der Waals surface area (Å²) >= 11 is 17.7. The average Bonchev–Trinajstić information content (AvgIpc) is 2.48. The van der Waals surface area contributed by atoms with Crippen molar-refractivity contribution in [1.29, 1.82) is 0 Å². The molecule has 0 saturated heterocycles. The lowest BCUT2D eigenvalue weighted by Crippen LogP contribution is -1.99. The Labute approximate surface area is 137 Å². The lowest BCUT2D eigenvalue weighted by Gasteiger charge is -2.14. The molecule has 0 radical (unpaired) electrons. The lowest BCUT2D eigenvalue weighted by molar-refractivity contribution is 0.284. The zero-order valence-electron chi connectivity index (χ0n) is 11.1. The maximum absolute atomic E-state index is 13.1. The Balaban J connectivity index is 2.21. The number of methoxy groups -OCH3 is 1. The van der Waals surface area contributed by atoms with Crippen LogP contribution in [0.15, 0.2) is 30.3 Å². The predicted molar refractivity (Wildman–Crippen MR) is 83.3 cm³/mol. The second-order valence-electron chi connectivity index (χ2n) is 4.28. The number of hydrogen-bond donors (Lipinski definition) is 0. The molecule has 2 aromatic rings. The number of hydrogen-bond acceptors (Lipinski definition) is 2. The maximum atomic E-state index is 13.1. The highest BCUT2D eigenvalue weighted by Gasteiger charge is 2.12. The highest BCUT2D eigenvalue weighted by atomic mass is 35.5. The quantitative estimate of drug-likeness (QED) is 0.667. The van der Waals surface area contributed by atoms with Crippen LogP contribution in [-0.4, -0.2) is 7.11 Å². The zero-order valence-corrected chi connectivity index (χ0v) is 13.4. The normalized spacial score (nSPS) is 10.5. The minimum absolute atomic E-state index is 0.0478.